The van der Waals surface area contributed by atoms with Gasteiger partial charge in [-0.1, -0.05) is 6.92 Å². The lowest BCUT2D eigenvalue weighted by Crippen LogP contribution is -2.57. The highest BCUT2D eigenvalue weighted by Crippen LogP contribution is 2.42. The van der Waals surface area contributed by atoms with E-state index in [1.54, 1.807) is 6.07 Å². The normalized spacial score (nSPS) is 18.7. The number of aromatic amines is 1. The van der Waals surface area contributed by atoms with Crippen molar-refractivity contribution < 1.29 is 4.79 Å². The third kappa shape index (κ3) is 3.22. The molecule has 0 bridgehead atoms. The van der Waals surface area contributed by atoms with E-state index >= 15 is 0 Å². The number of H-pyrrole nitrogens is 1. The number of fused-ring (bicyclic) bond motifs is 2. The van der Waals surface area contributed by atoms with Crippen molar-refractivity contribution >= 4 is 47.7 Å². The van der Waals surface area contributed by atoms with E-state index in [1.165, 1.54) is 22.7 Å². The van der Waals surface area contributed by atoms with Crippen molar-refractivity contribution in [1.82, 2.24) is 19.8 Å². The predicted octanol–water partition coefficient (Wildman–Crippen LogP) is 2.91. The summed E-state index contributed by atoms with van der Waals surface area (Å²) in [5, 5.41) is 1.88. The molecular formula is C17H25Cl2N5OS. The molecule has 2 aliphatic heterocycles. The highest BCUT2D eigenvalue weighted by atomic mass is 35.5. The van der Waals surface area contributed by atoms with E-state index in [9.17, 15) is 4.79 Å². The number of hydrogen-bond acceptors (Lipinski definition) is 5. The Morgan fingerprint density at radius 3 is 2.69 bits per heavy atom. The fraction of sp³-hybridized carbons (Fsp3) is 0.529. The number of aromatic nitrogens is 2. The topological polar surface area (TPSA) is 78.2 Å². The molecule has 144 valence electrons. The molecule has 2 aromatic heterocycles. The summed E-state index contributed by atoms with van der Waals surface area (Å²) in [7, 11) is 0. The van der Waals surface area contributed by atoms with Crippen LogP contribution in [0.25, 0.3) is 0 Å². The zero-order valence-corrected chi connectivity index (χ0v) is 17.2. The largest absolute Gasteiger partial charge is 0.397 e. The number of rotatable bonds is 2. The molecule has 1 amide bonds. The Hall–Kier alpha value is -1.28. The first-order valence-electron chi connectivity index (χ1n) is 8.56. The number of halogens is 2. The standard InChI is InChI=1S/C17H23N5OS.2ClH/c1-2-22-7-3-13-15(20-11-19-13)17(22)5-8-21(9-6-17)16(23)14-12(18)4-10-24-14;;/h4,10-11H,2-3,5-9,18H2,1H3,(H,19,20);2*1H. The number of likely N-dealkylation sites (tertiary alicyclic amines) is 1. The third-order valence-corrected chi connectivity index (χ3v) is 6.46. The average molecular weight is 418 g/mol. The average Bonchev–Trinajstić information content (AvgIpc) is 3.24. The SMILES string of the molecule is CCN1CCc2[nH]cnc2C12CCN(C(=O)c1sccc1N)CC2.Cl.Cl. The zero-order valence-electron chi connectivity index (χ0n) is 14.7. The van der Waals surface area contributed by atoms with E-state index in [1.807, 2.05) is 16.6 Å². The second-order valence-corrected chi connectivity index (χ2v) is 7.50. The van der Waals surface area contributed by atoms with Crippen molar-refractivity contribution in [3.05, 3.63) is 34.0 Å². The van der Waals surface area contributed by atoms with Crippen LogP contribution in [-0.2, 0) is 12.0 Å². The number of nitrogen functional groups attached to an aromatic ring is 1. The van der Waals surface area contributed by atoms with Gasteiger partial charge in [0.1, 0.15) is 4.88 Å². The molecule has 2 aliphatic rings. The van der Waals surface area contributed by atoms with Crippen LogP contribution >= 0.6 is 36.2 Å². The maximum atomic E-state index is 12.7. The minimum absolute atomic E-state index is 0. The van der Waals surface area contributed by atoms with Gasteiger partial charge in [0.25, 0.3) is 5.91 Å². The van der Waals surface area contributed by atoms with Crippen molar-refractivity contribution in [2.24, 2.45) is 0 Å². The quantitative estimate of drug-likeness (QED) is 0.786. The molecule has 0 radical (unpaired) electrons. The van der Waals surface area contributed by atoms with Crippen molar-refractivity contribution in [1.29, 1.82) is 0 Å². The van der Waals surface area contributed by atoms with Gasteiger partial charge in [-0.05, 0) is 30.8 Å². The summed E-state index contributed by atoms with van der Waals surface area (Å²) in [4.78, 5) is 25.8. The van der Waals surface area contributed by atoms with Gasteiger partial charge in [-0.25, -0.2) is 4.98 Å². The van der Waals surface area contributed by atoms with Crippen LogP contribution in [0.3, 0.4) is 0 Å². The zero-order chi connectivity index (χ0) is 16.7. The number of hydrogen-bond donors (Lipinski definition) is 2. The smallest absolute Gasteiger partial charge is 0.266 e. The number of carbonyl (C=O) groups excluding carboxylic acids is 1. The first kappa shape index (κ1) is 21.0. The van der Waals surface area contributed by atoms with Gasteiger partial charge in [0.05, 0.1) is 23.2 Å². The number of nitrogens with zero attached hydrogens (tertiary/aromatic N) is 3. The number of thiophene rings is 1. The fourth-order valence-electron chi connectivity index (χ4n) is 4.25. The monoisotopic (exact) mass is 417 g/mol. The molecule has 9 heteroatoms. The van der Waals surface area contributed by atoms with Crippen LogP contribution in [0, 0.1) is 0 Å². The number of amides is 1. The Labute approximate surface area is 170 Å². The first-order valence-corrected chi connectivity index (χ1v) is 9.43. The predicted molar refractivity (Wildman–Crippen MR) is 110 cm³/mol. The van der Waals surface area contributed by atoms with Gasteiger partial charge in [0.15, 0.2) is 0 Å². The van der Waals surface area contributed by atoms with E-state index < -0.39 is 0 Å². The van der Waals surface area contributed by atoms with Gasteiger partial charge in [-0.15, -0.1) is 36.2 Å². The summed E-state index contributed by atoms with van der Waals surface area (Å²) < 4.78 is 0. The van der Waals surface area contributed by atoms with Gasteiger partial charge in [0, 0.05) is 31.7 Å². The van der Waals surface area contributed by atoms with Crippen molar-refractivity contribution in [3.8, 4) is 0 Å². The summed E-state index contributed by atoms with van der Waals surface area (Å²) in [6.45, 7) is 5.77. The highest BCUT2D eigenvalue weighted by Gasteiger charge is 2.46. The van der Waals surface area contributed by atoms with Crippen LogP contribution < -0.4 is 5.73 Å². The maximum absolute atomic E-state index is 12.7. The molecule has 0 atom stereocenters. The molecule has 1 saturated heterocycles. The van der Waals surface area contributed by atoms with Crippen molar-refractivity contribution in [2.75, 3.05) is 31.9 Å². The molecule has 0 aromatic carbocycles. The Balaban J connectivity index is 0.00000121. The Morgan fingerprint density at radius 1 is 1.35 bits per heavy atom. The van der Waals surface area contributed by atoms with Crippen LogP contribution in [0.15, 0.2) is 17.8 Å². The van der Waals surface area contributed by atoms with Crippen LogP contribution in [-0.4, -0.2) is 51.9 Å². The van der Waals surface area contributed by atoms with E-state index in [2.05, 4.69) is 21.8 Å². The molecule has 4 heterocycles. The molecule has 4 rings (SSSR count). The highest BCUT2D eigenvalue weighted by molar-refractivity contribution is 7.12. The van der Waals surface area contributed by atoms with Crippen LogP contribution in [0.5, 0.6) is 0 Å². The van der Waals surface area contributed by atoms with E-state index in [-0.39, 0.29) is 36.3 Å². The lowest BCUT2D eigenvalue weighted by Gasteiger charge is -2.50. The van der Waals surface area contributed by atoms with Gasteiger partial charge < -0.3 is 15.6 Å². The molecule has 2 aromatic rings. The van der Waals surface area contributed by atoms with Crippen LogP contribution in [0.4, 0.5) is 5.69 Å². The van der Waals surface area contributed by atoms with Crippen LogP contribution in [0.1, 0.15) is 40.8 Å². The molecule has 0 unspecified atom stereocenters. The molecule has 3 N–H and O–H groups in total. The summed E-state index contributed by atoms with van der Waals surface area (Å²) in [5.41, 5.74) is 8.94. The molecule has 1 fully saturated rings. The van der Waals surface area contributed by atoms with Crippen molar-refractivity contribution in [3.63, 3.8) is 0 Å². The van der Waals surface area contributed by atoms with Crippen molar-refractivity contribution in [2.45, 2.75) is 31.7 Å². The van der Waals surface area contributed by atoms with Crippen LogP contribution in [0.2, 0.25) is 0 Å². The lowest BCUT2D eigenvalue weighted by atomic mass is 9.78. The molecule has 0 saturated carbocycles. The molecule has 6 nitrogen and oxygen atoms in total. The second-order valence-electron chi connectivity index (χ2n) is 6.59. The minimum Gasteiger partial charge on any atom is -0.397 e. The summed E-state index contributed by atoms with van der Waals surface area (Å²) in [5.74, 6) is 0.0680. The number of nitrogens with two attached hydrogens (primary N) is 1. The first-order chi connectivity index (χ1) is 11.7. The van der Waals surface area contributed by atoms with Gasteiger partial charge >= 0.3 is 0 Å². The maximum Gasteiger partial charge on any atom is 0.266 e. The van der Waals surface area contributed by atoms with E-state index in [0.29, 0.717) is 10.6 Å². The Bertz CT molecular complexity index is 754. The fourth-order valence-corrected chi connectivity index (χ4v) is 5.04. The summed E-state index contributed by atoms with van der Waals surface area (Å²) in [6, 6.07) is 1.80. The Morgan fingerprint density at radius 2 is 2.08 bits per heavy atom. The second kappa shape index (κ2) is 8.17. The molecule has 26 heavy (non-hydrogen) atoms. The third-order valence-electron chi connectivity index (χ3n) is 5.55. The summed E-state index contributed by atoms with van der Waals surface area (Å²) in [6.07, 6.45) is 4.69. The van der Waals surface area contributed by atoms with E-state index in [0.717, 1.165) is 45.4 Å². The molecular weight excluding hydrogens is 393 g/mol. The summed E-state index contributed by atoms with van der Waals surface area (Å²) >= 11 is 1.43. The number of likely N-dealkylation sites (N-methyl/N-ethyl adjacent to an activating group) is 1. The minimum atomic E-state index is -0.0277. The van der Waals surface area contributed by atoms with Gasteiger partial charge in [0.2, 0.25) is 0 Å². The molecule has 1 spiro atoms. The van der Waals surface area contributed by atoms with Gasteiger partial charge in [-0.3, -0.25) is 9.69 Å². The molecule has 0 aliphatic carbocycles. The Kier molecular flexibility index (Phi) is 6.60. The number of piperidine rings is 1. The number of carbonyl (C=O) groups is 1. The van der Waals surface area contributed by atoms with E-state index in [4.69, 9.17) is 5.73 Å². The van der Waals surface area contributed by atoms with Gasteiger partial charge in [-0.2, -0.15) is 0 Å². The lowest BCUT2D eigenvalue weighted by molar-refractivity contribution is 0.0105. The number of nitrogens with one attached hydrogen (secondary N) is 1. The number of anilines is 1. The number of imidazole rings is 1.